The van der Waals surface area contributed by atoms with E-state index in [1.54, 1.807) is 19.1 Å². The molecule has 0 aromatic heterocycles. The number of anilines is 2. The van der Waals surface area contributed by atoms with Crippen LogP contribution in [0.3, 0.4) is 0 Å². The number of aliphatic hydroxyl groups is 1. The Morgan fingerprint density at radius 2 is 1.21 bits per heavy atom. The summed E-state index contributed by atoms with van der Waals surface area (Å²) in [6.45, 7) is 1.59. The second-order valence-electron chi connectivity index (χ2n) is 4.62. The van der Waals surface area contributed by atoms with E-state index in [1.807, 2.05) is 0 Å². The first-order valence-electron chi connectivity index (χ1n) is 5.72. The van der Waals surface area contributed by atoms with Gasteiger partial charge in [-0.3, -0.25) is 0 Å². The molecule has 0 spiro atoms. The van der Waals surface area contributed by atoms with Gasteiger partial charge in [0.2, 0.25) is 0 Å². The number of hydrogen-bond acceptors (Lipinski definition) is 5. The van der Waals surface area contributed by atoms with Gasteiger partial charge in [-0.15, -0.1) is 0 Å². The molecule has 2 aromatic rings. The van der Waals surface area contributed by atoms with Gasteiger partial charge in [0.1, 0.15) is 17.1 Å². The molecule has 0 fully saturated rings. The van der Waals surface area contributed by atoms with Crippen molar-refractivity contribution in [3.63, 3.8) is 0 Å². The molecule has 0 bridgehead atoms. The fourth-order valence-corrected chi connectivity index (χ4v) is 1.88. The molecule has 2 aromatic carbocycles. The van der Waals surface area contributed by atoms with Crippen molar-refractivity contribution >= 4 is 11.4 Å². The maximum absolute atomic E-state index is 10.6. The van der Waals surface area contributed by atoms with Crippen LogP contribution < -0.4 is 11.5 Å². The van der Waals surface area contributed by atoms with E-state index >= 15 is 0 Å². The Hall–Kier alpha value is -2.40. The Kier molecular flexibility index (Phi) is 3.00. The molecule has 0 aliphatic rings. The second kappa shape index (κ2) is 4.37. The lowest BCUT2D eigenvalue weighted by molar-refractivity contribution is 0.102. The number of nitrogens with two attached hydrogens (primary N) is 2. The van der Waals surface area contributed by atoms with Gasteiger partial charge in [-0.1, -0.05) is 12.1 Å². The fourth-order valence-electron chi connectivity index (χ4n) is 1.88. The smallest absolute Gasteiger partial charge is 0.138 e. The van der Waals surface area contributed by atoms with Crippen LogP contribution in [0.4, 0.5) is 11.4 Å². The summed E-state index contributed by atoms with van der Waals surface area (Å²) in [6, 6.07) is 8.99. The summed E-state index contributed by atoms with van der Waals surface area (Å²) >= 11 is 0. The van der Waals surface area contributed by atoms with Crippen molar-refractivity contribution in [2.24, 2.45) is 0 Å². The third kappa shape index (κ3) is 2.28. The molecule has 0 atom stereocenters. The standard InChI is InChI=1S/C14H16N2O3/c1-14(19,8-2-4-12(17)10(15)6-8)9-3-5-13(18)11(16)7-9/h2-7,17-19H,15-16H2,1H3. The van der Waals surface area contributed by atoms with Crippen LogP contribution in [0.25, 0.3) is 0 Å². The highest BCUT2D eigenvalue weighted by Crippen LogP contribution is 2.35. The summed E-state index contributed by atoms with van der Waals surface area (Å²) in [5.41, 5.74) is 11.3. The monoisotopic (exact) mass is 260 g/mol. The third-order valence-corrected chi connectivity index (χ3v) is 3.18. The number of nitrogen functional groups attached to an aromatic ring is 2. The van der Waals surface area contributed by atoms with Gasteiger partial charge >= 0.3 is 0 Å². The summed E-state index contributed by atoms with van der Waals surface area (Å²) < 4.78 is 0. The number of phenols is 2. The summed E-state index contributed by atoms with van der Waals surface area (Å²) in [5.74, 6) is -0.0745. The van der Waals surface area contributed by atoms with Gasteiger partial charge in [0.15, 0.2) is 0 Å². The van der Waals surface area contributed by atoms with Crippen LogP contribution in [-0.2, 0) is 5.60 Å². The molecule has 0 saturated heterocycles. The summed E-state index contributed by atoms with van der Waals surface area (Å²) in [4.78, 5) is 0. The normalized spacial score (nSPS) is 11.5. The lowest BCUT2D eigenvalue weighted by atomic mass is 9.87. The number of hydrogen-bond donors (Lipinski definition) is 5. The first kappa shape index (κ1) is 13.0. The molecule has 0 aliphatic carbocycles. The zero-order valence-corrected chi connectivity index (χ0v) is 10.5. The zero-order valence-electron chi connectivity index (χ0n) is 10.5. The van der Waals surface area contributed by atoms with E-state index in [9.17, 15) is 15.3 Å². The van der Waals surface area contributed by atoms with Crippen LogP contribution in [0.1, 0.15) is 18.1 Å². The second-order valence-corrected chi connectivity index (χ2v) is 4.62. The van der Waals surface area contributed by atoms with Gasteiger partial charge in [-0.2, -0.15) is 0 Å². The Morgan fingerprint density at radius 3 is 1.53 bits per heavy atom. The molecule has 5 heteroatoms. The summed E-state index contributed by atoms with van der Waals surface area (Å²) in [6.07, 6.45) is 0. The van der Waals surface area contributed by atoms with Gasteiger partial charge in [0, 0.05) is 0 Å². The number of phenolic OH excluding ortho intramolecular Hbond substituents is 2. The maximum Gasteiger partial charge on any atom is 0.138 e. The van der Waals surface area contributed by atoms with Crippen molar-refractivity contribution in [1.29, 1.82) is 0 Å². The lowest BCUT2D eigenvalue weighted by Crippen LogP contribution is -2.23. The topological polar surface area (TPSA) is 113 Å². The number of aromatic hydroxyl groups is 2. The van der Waals surface area contributed by atoms with Gasteiger partial charge in [-0.05, 0) is 42.3 Å². The summed E-state index contributed by atoms with van der Waals surface area (Å²) in [5, 5.41) is 29.4. The summed E-state index contributed by atoms with van der Waals surface area (Å²) in [7, 11) is 0. The average molecular weight is 260 g/mol. The van der Waals surface area contributed by atoms with Crippen LogP contribution in [0.15, 0.2) is 36.4 Å². The third-order valence-electron chi connectivity index (χ3n) is 3.18. The van der Waals surface area contributed by atoms with Crippen LogP contribution in [0, 0.1) is 0 Å². The molecule has 2 rings (SSSR count). The molecule has 7 N–H and O–H groups in total. The molecular weight excluding hydrogens is 244 g/mol. The van der Waals surface area contributed by atoms with Crippen LogP contribution in [0.2, 0.25) is 0 Å². The van der Waals surface area contributed by atoms with E-state index in [-0.39, 0.29) is 22.9 Å². The molecule has 100 valence electrons. The molecule has 0 aliphatic heterocycles. The van der Waals surface area contributed by atoms with E-state index in [1.165, 1.54) is 24.3 Å². The van der Waals surface area contributed by atoms with Crippen molar-refractivity contribution in [3.8, 4) is 11.5 Å². The predicted octanol–water partition coefficient (Wildman–Crippen LogP) is 1.52. The highest BCUT2D eigenvalue weighted by Gasteiger charge is 2.26. The highest BCUT2D eigenvalue weighted by atomic mass is 16.3. The van der Waals surface area contributed by atoms with Crippen molar-refractivity contribution in [3.05, 3.63) is 47.5 Å². The SMILES string of the molecule is CC(O)(c1ccc(O)c(N)c1)c1ccc(O)c(N)c1. The Bertz CT molecular complexity index is 571. The fraction of sp³-hybridized carbons (Fsp3) is 0.143. The Balaban J connectivity index is 2.51. The van der Waals surface area contributed by atoms with Crippen LogP contribution >= 0.6 is 0 Å². The maximum atomic E-state index is 10.6. The van der Waals surface area contributed by atoms with Crippen molar-refractivity contribution in [2.75, 3.05) is 11.5 Å². The molecule has 0 saturated carbocycles. The van der Waals surface area contributed by atoms with Crippen molar-refractivity contribution in [1.82, 2.24) is 0 Å². The molecule has 0 heterocycles. The van der Waals surface area contributed by atoms with E-state index in [0.29, 0.717) is 11.1 Å². The largest absolute Gasteiger partial charge is 0.506 e. The molecule has 5 nitrogen and oxygen atoms in total. The van der Waals surface area contributed by atoms with Crippen molar-refractivity contribution < 1.29 is 15.3 Å². The van der Waals surface area contributed by atoms with Crippen LogP contribution in [0.5, 0.6) is 11.5 Å². The van der Waals surface area contributed by atoms with E-state index in [4.69, 9.17) is 11.5 Å². The minimum absolute atomic E-state index is 0.0372. The van der Waals surface area contributed by atoms with Gasteiger partial charge in [0.25, 0.3) is 0 Å². The molecule has 0 amide bonds. The molecule has 0 radical (unpaired) electrons. The minimum Gasteiger partial charge on any atom is -0.506 e. The van der Waals surface area contributed by atoms with Crippen LogP contribution in [-0.4, -0.2) is 15.3 Å². The quantitative estimate of drug-likeness (QED) is 0.415. The molecule has 0 unspecified atom stereocenters. The zero-order chi connectivity index (χ0) is 14.2. The first-order valence-corrected chi connectivity index (χ1v) is 5.72. The average Bonchev–Trinajstić information content (AvgIpc) is 2.35. The Morgan fingerprint density at radius 1 is 0.842 bits per heavy atom. The van der Waals surface area contributed by atoms with E-state index < -0.39 is 5.60 Å². The number of rotatable bonds is 2. The predicted molar refractivity (Wildman–Crippen MR) is 73.7 cm³/mol. The Labute approximate surface area is 110 Å². The first-order chi connectivity index (χ1) is 8.82. The van der Waals surface area contributed by atoms with Gasteiger partial charge < -0.3 is 26.8 Å². The molecule has 19 heavy (non-hydrogen) atoms. The van der Waals surface area contributed by atoms with Gasteiger partial charge in [0.05, 0.1) is 11.4 Å². The highest BCUT2D eigenvalue weighted by molar-refractivity contribution is 5.58. The minimum atomic E-state index is -1.33. The lowest BCUT2D eigenvalue weighted by Gasteiger charge is -2.25. The van der Waals surface area contributed by atoms with Crippen molar-refractivity contribution in [2.45, 2.75) is 12.5 Å². The van der Waals surface area contributed by atoms with E-state index in [0.717, 1.165) is 0 Å². The van der Waals surface area contributed by atoms with Gasteiger partial charge in [-0.25, -0.2) is 0 Å². The number of benzene rings is 2. The van der Waals surface area contributed by atoms with E-state index in [2.05, 4.69) is 0 Å². The molecular formula is C14H16N2O3.